The van der Waals surface area contributed by atoms with E-state index in [1.165, 1.54) is 19.4 Å². The molecule has 128 valence electrons. The summed E-state index contributed by atoms with van der Waals surface area (Å²) in [7, 11) is 0. The standard InChI is InChI=1S/C17H34N4O/c1-15(2)4-3-7-19-10-12-20(13-11-19)14-17(22)21-8-5-16(18)6-9-21/h15-16H,3-14,18H2,1-2H3. The lowest BCUT2D eigenvalue weighted by atomic mass is 10.1. The van der Waals surface area contributed by atoms with Gasteiger partial charge in [0.25, 0.3) is 0 Å². The monoisotopic (exact) mass is 310 g/mol. The van der Waals surface area contributed by atoms with Crippen LogP contribution in [0.15, 0.2) is 0 Å². The molecule has 22 heavy (non-hydrogen) atoms. The van der Waals surface area contributed by atoms with Crippen molar-refractivity contribution in [2.75, 3.05) is 52.4 Å². The van der Waals surface area contributed by atoms with Crippen molar-refractivity contribution < 1.29 is 4.79 Å². The smallest absolute Gasteiger partial charge is 0.236 e. The molecule has 2 aliphatic rings. The first-order chi connectivity index (χ1) is 10.5. The quantitative estimate of drug-likeness (QED) is 0.795. The third-order valence-corrected chi connectivity index (χ3v) is 4.97. The minimum absolute atomic E-state index is 0.290. The first kappa shape index (κ1) is 17.7. The largest absolute Gasteiger partial charge is 0.341 e. The van der Waals surface area contributed by atoms with Gasteiger partial charge in [0, 0.05) is 45.3 Å². The fourth-order valence-corrected chi connectivity index (χ4v) is 3.33. The molecule has 2 rings (SSSR count). The van der Waals surface area contributed by atoms with Crippen LogP contribution in [0, 0.1) is 5.92 Å². The average molecular weight is 310 g/mol. The predicted molar refractivity (Wildman–Crippen MR) is 90.7 cm³/mol. The van der Waals surface area contributed by atoms with Gasteiger partial charge in [-0.05, 0) is 38.1 Å². The van der Waals surface area contributed by atoms with Crippen molar-refractivity contribution in [2.24, 2.45) is 11.7 Å². The molecule has 2 saturated heterocycles. The third-order valence-electron chi connectivity index (χ3n) is 4.97. The van der Waals surface area contributed by atoms with Gasteiger partial charge < -0.3 is 15.5 Å². The van der Waals surface area contributed by atoms with Gasteiger partial charge in [-0.2, -0.15) is 0 Å². The Labute approximate surface area is 135 Å². The second kappa shape index (κ2) is 8.85. The summed E-state index contributed by atoms with van der Waals surface area (Å²) in [5, 5.41) is 0. The SMILES string of the molecule is CC(C)CCCN1CCN(CC(=O)N2CCC(N)CC2)CC1. The number of likely N-dealkylation sites (tertiary alicyclic amines) is 1. The molecule has 5 heteroatoms. The first-order valence-electron chi connectivity index (χ1n) is 9.02. The van der Waals surface area contributed by atoms with Gasteiger partial charge in [0.1, 0.15) is 0 Å². The van der Waals surface area contributed by atoms with Gasteiger partial charge >= 0.3 is 0 Å². The lowest BCUT2D eigenvalue weighted by Gasteiger charge is -2.36. The van der Waals surface area contributed by atoms with Crippen LogP contribution < -0.4 is 5.73 Å². The molecule has 0 saturated carbocycles. The number of hydrogen-bond acceptors (Lipinski definition) is 4. The van der Waals surface area contributed by atoms with Crippen molar-refractivity contribution in [2.45, 2.75) is 45.6 Å². The van der Waals surface area contributed by atoms with E-state index in [2.05, 4.69) is 23.6 Å². The molecular weight excluding hydrogens is 276 g/mol. The molecule has 2 aliphatic heterocycles. The molecule has 0 atom stereocenters. The van der Waals surface area contributed by atoms with Crippen molar-refractivity contribution in [3.8, 4) is 0 Å². The molecular formula is C17H34N4O. The Balaban J connectivity index is 1.61. The maximum absolute atomic E-state index is 12.3. The average Bonchev–Trinajstić information content (AvgIpc) is 2.49. The molecule has 2 fully saturated rings. The highest BCUT2D eigenvalue weighted by Gasteiger charge is 2.24. The van der Waals surface area contributed by atoms with Crippen molar-refractivity contribution in [1.82, 2.24) is 14.7 Å². The highest BCUT2D eigenvalue weighted by atomic mass is 16.2. The van der Waals surface area contributed by atoms with E-state index in [0.29, 0.717) is 18.5 Å². The number of carbonyl (C=O) groups is 1. The van der Waals surface area contributed by atoms with E-state index in [1.54, 1.807) is 0 Å². The van der Waals surface area contributed by atoms with Crippen LogP contribution in [-0.2, 0) is 4.79 Å². The zero-order valence-electron chi connectivity index (χ0n) is 14.5. The summed E-state index contributed by atoms with van der Waals surface area (Å²) in [5.74, 6) is 1.09. The maximum Gasteiger partial charge on any atom is 0.236 e. The second-order valence-electron chi connectivity index (χ2n) is 7.37. The number of piperidine rings is 1. The molecule has 0 spiro atoms. The van der Waals surface area contributed by atoms with Gasteiger partial charge in [0.05, 0.1) is 6.54 Å². The number of nitrogens with zero attached hydrogens (tertiary/aromatic N) is 3. The molecule has 1 amide bonds. The van der Waals surface area contributed by atoms with Crippen molar-refractivity contribution in [1.29, 1.82) is 0 Å². The topological polar surface area (TPSA) is 52.8 Å². The Hall–Kier alpha value is -0.650. The predicted octanol–water partition coefficient (Wildman–Crippen LogP) is 0.990. The molecule has 0 aromatic rings. The summed E-state index contributed by atoms with van der Waals surface area (Å²) in [5.41, 5.74) is 5.90. The fourth-order valence-electron chi connectivity index (χ4n) is 3.33. The highest BCUT2D eigenvalue weighted by molar-refractivity contribution is 5.78. The van der Waals surface area contributed by atoms with Crippen molar-refractivity contribution >= 4 is 5.91 Å². The molecule has 0 aliphatic carbocycles. The van der Waals surface area contributed by atoms with E-state index >= 15 is 0 Å². The number of hydrogen-bond donors (Lipinski definition) is 1. The van der Waals surface area contributed by atoms with E-state index in [9.17, 15) is 4.79 Å². The van der Waals surface area contributed by atoms with Crippen LogP contribution in [0.2, 0.25) is 0 Å². The number of rotatable bonds is 6. The summed E-state index contributed by atoms with van der Waals surface area (Å²) < 4.78 is 0. The summed E-state index contributed by atoms with van der Waals surface area (Å²) in [6.45, 7) is 12.3. The number of carbonyl (C=O) groups excluding carboxylic acids is 1. The molecule has 2 N–H and O–H groups in total. The number of piperazine rings is 1. The van der Waals surface area contributed by atoms with Crippen molar-refractivity contribution in [3.05, 3.63) is 0 Å². The summed E-state index contributed by atoms with van der Waals surface area (Å²) in [6.07, 6.45) is 4.52. The van der Waals surface area contributed by atoms with Gasteiger partial charge in [-0.25, -0.2) is 0 Å². The zero-order chi connectivity index (χ0) is 15.9. The summed E-state index contributed by atoms with van der Waals surface area (Å²) in [4.78, 5) is 19.2. The molecule has 5 nitrogen and oxygen atoms in total. The Morgan fingerprint density at radius 3 is 2.23 bits per heavy atom. The highest BCUT2D eigenvalue weighted by Crippen LogP contribution is 2.11. The minimum atomic E-state index is 0.290. The van der Waals surface area contributed by atoms with Crippen molar-refractivity contribution in [3.63, 3.8) is 0 Å². The van der Waals surface area contributed by atoms with Gasteiger partial charge in [-0.3, -0.25) is 9.69 Å². The van der Waals surface area contributed by atoms with Gasteiger partial charge in [-0.15, -0.1) is 0 Å². The maximum atomic E-state index is 12.3. The minimum Gasteiger partial charge on any atom is -0.341 e. The lowest BCUT2D eigenvalue weighted by molar-refractivity contribution is -0.133. The van der Waals surface area contributed by atoms with E-state index in [1.807, 2.05) is 4.90 Å². The number of amides is 1. The fraction of sp³-hybridized carbons (Fsp3) is 0.941. The van der Waals surface area contributed by atoms with E-state index in [0.717, 1.165) is 58.0 Å². The summed E-state index contributed by atoms with van der Waals surface area (Å²) in [6, 6.07) is 0.290. The molecule has 0 aromatic heterocycles. The van der Waals surface area contributed by atoms with Gasteiger partial charge in [0.2, 0.25) is 5.91 Å². The first-order valence-corrected chi connectivity index (χ1v) is 9.02. The van der Waals surface area contributed by atoms with Crippen LogP contribution in [0.25, 0.3) is 0 Å². The van der Waals surface area contributed by atoms with Gasteiger partial charge in [0.15, 0.2) is 0 Å². The zero-order valence-corrected chi connectivity index (χ0v) is 14.5. The molecule has 0 aromatic carbocycles. The normalized spacial score (nSPS) is 22.5. The Kier molecular flexibility index (Phi) is 7.12. The molecule has 0 radical (unpaired) electrons. The Morgan fingerprint density at radius 2 is 1.64 bits per heavy atom. The van der Waals surface area contributed by atoms with E-state index in [-0.39, 0.29) is 0 Å². The number of nitrogens with two attached hydrogens (primary N) is 1. The second-order valence-corrected chi connectivity index (χ2v) is 7.37. The van der Waals surface area contributed by atoms with Crippen LogP contribution in [0.3, 0.4) is 0 Å². The van der Waals surface area contributed by atoms with Crippen LogP contribution in [0.4, 0.5) is 0 Å². The molecule has 0 bridgehead atoms. The Bertz CT molecular complexity index is 332. The molecule has 2 heterocycles. The summed E-state index contributed by atoms with van der Waals surface area (Å²) >= 11 is 0. The van der Waals surface area contributed by atoms with Gasteiger partial charge in [-0.1, -0.05) is 13.8 Å². The Morgan fingerprint density at radius 1 is 1.05 bits per heavy atom. The van der Waals surface area contributed by atoms with Crippen LogP contribution >= 0.6 is 0 Å². The third kappa shape index (κ3) is 5.86. The van der Waals surface area contributed by atoms with Crippen LogP contribution in [0.5, 0.6) is 0 Å². The lowest BCUT2D eigenvalue weighted by Crippen LogP contribution is -2.51. The van der Waals surface area contributed by atoms with Crippen LogP contribution in [-0.4, -0.2) is 79.0 Å². The van der Waals surface area contributed by atoms with E-state index < -0.39 is 0 Å². The van der Waals surface area contributed by atoms with E-state index in [4.69, 9.17) is 5.73 Å². The molecule has 0 unspecified atom stereocenters. The van der Waals surface area contributed by atoms with Crippen LogP contribution in [0.1, 0.15) is 39.5 Å².